The quantitative estimate of drug-likeness (QED) is 0.485. The molecule has 0 atom stereocenters. The van der Waals surface area contributed by atoms with Gasteiger partial charge in [0.15, 0.2) is 0 Å². The van der Waals surface area contributed by atoms with Crippen LogP contribution >= 0.6 is 0 Å². The second kappa shape index (κ2) is 9.42. The molecule has 0 N–H and O–H groups in total. The number of esters is 1. The summed E-state index contributed by atoms with van der Waals surface area (Å²) in [7, 11) is 0. The molecule has 0 unspecified atom stereocenters. The Morgan fingerprint density at radius 2 is 1.65 bits per heavy atom. The van der Waals surface area contributed by atoms with Gasteiger partial charge in [0.25, 0.3) is 0 Å². The monoisotopic (exact) mass is 244 g/mol. The number of hydrogen-bond donors (Lipinski definition) is 0. The molecule has 0 aromatic heterocycles. The van der Waals surface area contributed by atoms with E-state index in [1.807, 2.05) is 6.92 Å². The number of carbonyl (C=O) groups is 1. The highest BCUT2D eigenvalue weighted by molar-refractivity contribution is 5.72. The van der Waals surface area contributed by atoms with E-state index in [2.05, 4.69) is 0 Å². The van der Waals surface area contributed by atoms with Gasteiger partial charge in [-0.1, -0.05) is 19.3 Å². The van der Waals surface area contributed by atoms with Crippen molar-refractivity contribution in [1.82, 2.24) is 0 Å². The lowest BCUT2D eigenvalue weighted by molar-refractivity contribution is -0.151. The first-order valence-corrected chi connectivity index (χ1v) is 6.66. The first-order chi connectivity index (χ1) is 8.34. The number of carbonyl (C=O) groups excluding carboxylic acids is 1. The fraction of sp³-hybridized carbons (Fsp3) is 0.923. The molecule has 1 fully saturated rings. The van der Waals surface area contributed by atoms with Gasteiger partial charge in [0.2, 0.25) is 0 Å². The Balaban J connectivity index is 1.92. The van der Waals surface area contributed by atoms with Crippen molar-refractivity contribution >= 4 is 5.97 Å². The molecule has 1 aliphatic carbocycles. The number of ether oxygens (including phenoxy) is 3. The van der Waals surface area contributed by atoms with Crippen LogP contribution < -0.4 is 0 Å². The lowest BCUT2D eigenvalue weighted by Gasteiger charge is -2.19. The van der Waals surface area contributed by atoms with Gasteiger partial charge in [-0.25, -0.2) is 0 Å². The van der Waals surface area contributed by atoms with Gasteiger partial charge in [-0.3, -0.25) is 4.79 Å². The average Bonchev–Trinajstić information content (AvgIpc) is 2.38. The van der Waals surface area contributed by atoms with Gasteiger partial charge < -0.3 is 14.2 Å². The van der Waals surface area contributed by atoms with E-state index in [4.69, 9.17) is 14.2 Å². The van der Waals surface area contributed by atoms with E-state index in [0.29, 0.717) is 33.0 Å². The summed E-state index contributed by atoms with van der Waals surface area (Å²) in [6, 6.07) is 0. The van der Waals surface area contributed by atoms with Crippen LogP contribution in [-0.4, -0.2) is 39.0 Å². The largest absolute Gasteiger partial charge is 0.463 e. The summed E-state index contributed by atoms with van der Waals surface area (Å²) in [6.45, 7) is 4.65. The fourth-order valence-corrected chi connectivity index (χ4v) is 2.02. The molecule has 4 nitrogen and oxygen atoms in total. The van der Waals surface area contributed by atoms with Crippen molar-refractivity contribution in [3.8, 4) is 0 Å². The highest BCUT2D eigenvalue weighted by atomic mass is 16.6. The second-order valence-electron chi connectivity index (χ2n) is 4.31. The normalized spacial score (nSPS) is 17.0. The third-order valence-corrected chi connectivity index (χ3v) is 2.99. The zero-order chi connectivity index (χ0) is 12.3. The highest BCUT2D eigenvalue weighted by Crippen LogP contribution is 2.24. The molecule has 0 aromatic carbocycles. The zero-order valence-corrected chi connectivity index (χ0v) is 10.8. The Morgan fingerprint density at radius 1 is 1.00 bits per heavy atom. The minimum absolute atomic E-state index is 0.0434. The molecule has 17 heavy (non-hydrogen) atoms. The zero-order valence-electron chi connectivity index (χ0n) is 10.8. The minimum atomic E-state index is -0.0434. The molecule has 4 heteroatoms. The highest BCUT2D eigenvalue weighted by Gasteiger charge is 2.21. The summed E-state index contributed by atoms with van der Waals surface area (Å²) >= 11 is 0. The molecule has 0 saturated heterocycles. The van der Waals surface area contributed by atoms with Gasteiger partial charge >= 0.3 is 5.97 Å². The Labute approximate surface area is 104 Å². The number of hydrogen-bond acceptors (Lipinski definition) is 4. The van der Waals surface area contributed by atoms with Crippen molar-refractivity contribution in [3.05, 3.63) is 0 Å². The third-order valence-electron chi connectivity index (χ3n) is 2.99. The molecule has 1 rings (SSSR count). The maximum absolute atomic E-state index is 11.6. The molecule has 0 amide bonds. The van der Waals surface area contributed by atoms with Gasteiger partial charge in [0.1, 0.15) is 6.61 Å². The van der Waals surface area contributed by atoms with Crippen LogP contribution in [0.1, 0.15) is 39.0 Å². The van der Waals surface area contributed by atoms with Crippen molar-refractivity contribution < 1.29 is 19.0 Å². The predicted molar refractivity (Wildman–Crippen MR) is 64.8 cm³/mol. The molecule has 1 saturated carbocycles. The van der Waals surface area contributed by atoms with E-state index in [1.54, 1.807) is 0 Å². The van der Waals surface area contributed by atoms with Crippen LogP contribution in [0.15, 0.2) is 0 Å². The molecule has 1 aliphatic rings. The van der Waals surface area contributed by atoms with Gasteiger partial charge in [-0.2, -0.15) is 0 Å². The van der Waals surface area contributed by atoms with Gasteiger partial charge in [-0.05, 0) is 19.8 Å². The molecular formula is C13H24O4. The van der Waals surface area contributed by atoms with Crippen LogP contribution in [0.2, 0.25) is 0 Å². The summed E-state index contributed by atoms with van der Waals surface area (Å²) in [5.41, 5.74) is 0. The molecule has 0 aliphatic heterocycles. The van der Waals surface area contributed by atoms with Crippen molar-refractivity contribution in [2.24, 2.45) is 5.92 Å². The van der Waals surface area contributed by atoms with Crippen LogP contribution in [0.4, 0.5) is 0 Å². The van der Waals surface area contributed by atoms with E-state index < -0.39 is 0 Å². The standard InChI is InChI=1S/C13H24O4/c1-2-15-8-9-16-10-11-17-13(14)12-6-4-3-5-7-12/h12H,2-11H2,1H3. The van der Waals surface area contributed by atoms with E-state index in [0.717, 1.165) is 25.7 Å². The number of rotatable bonds is 8. The second-order valence-corrected chi connectivity index (χ2v) is 4.31. The van der Waals surface area contributed by atoms with Crippen molar-refractivity contribution in [1.29, 1.82) is 0 Å². The van der Waals surface area contributed by atoms with Gasteiger partial charge in [0, 0.05) is 6.61 Å². The van der Waals surface area contributed by atoms with Crippen LogP contribution in [0.5, 0.6) is 0 Å². The summed E-state index contributed by atoms with van der Waals surface area (Å²) in [5.74, 6) is 0.0882. The van der Waals surface area contributed by atoms with Gasteiger partial charge in [-0.15, -0.1) is 0 Å². The Kier molecular flexibility index (Phi) is 8.01. The summed E-state index contributed by atoms with van der Waals surface area (Å²) in [4.78, 5) is 11.6. The lowest BCUT2D eigenvalue weighted by atomic mass is 9.89. The predicted octanol–water partition coefficient (Wildman–Crippen LogP) is 2.16. The maximum atomic E-state index is 11.6. The summed E-state index contributed by atoms with van der Waals surface area (Å²) in [5, 5.41) is 0. The Morgan fingerprint density at radius 3 is 2.35 bits per heavy atom. The van der Waals surface area contributed by atoms with E-state index >= 15 is 0 Å². The van der Waals surface area contributed by atoms with Crippen LogP contribution in [-0.2, 0) is 19.0 Å². The molecular weight excluding hydrogens is 220 g/mol. The van der Waals surface area contributed by atoms with Crippen molar-refractivity contribution in [2.75, 3.05) is 33.0 Å². The smallest absolute Gasteiger partial charge is 0.309 e. The average molecular weight is 244 g/mol. The Hall–Kier alpha value is -0.610. The molecule has 0 spiro atoms. The summed E-state index contributed by atoms with van der Waals surface area (Å²) < 4.78 is 15.6. The maximum Gasteiger partial charge on any atom is 0.309 e. The van der Waals surface area contributed by atoms with E-state index in [9.17, 15) is 4.79 Å². The minimum Gasteiger partial charge on any atom is -0.463 e. The Bertz CT molecular complexity index is 200. The molecule has 0 heterocycles. The first kappa shape index (κ1) is 14.5. The fourth-order valence-electron chi connectivity index (χ4n) is 2.02. The topological polar surface area (TPSA) is 44.8 Å². The van der Waals surface area contributed by atoms with E-state index in [-0.39, 0.29) is 11.9 Å². The van der Waals surface area contributed by atoms with Crippen LogP contribution in [0, 0.1) is 5.92 Å². The SMILES string of the molecule is CCOCCOCCOC(=O)C1CCCCC1. The van der Waals surface area contributed by atoms with Crippen LogP contribution in [0.3, 0.4) is 0 Å². The van der Waals surface area contributed by atoms with Crippen molar-refractivity contribution in [2.45, 2.75) is 39.0 Å². The first-order valence-electron chi connectivity index (χ1n) is 6.66. The van der Waals surface area contributed by atoms with Crippen molar-refractivity contribution in [3.63, 3.8) is 0 Å². The molecule has 0 radical (unpaired) electrons. The van der Waals surface area contributed by atoms with E-state index in [1.165, 1.54) is 6.42 Å². The molecule has 100 valence electrons. The lowest BCUT2D eigenvalue weighted by Crippen LogP contribution is -2.22. The third kappa shape index (κ3) is 6.64. The molecule has 0 aromatic rings. The van der Waals surface area contributed by atoms with Crippen LogP contribution in [0.25, 0.3) is 0 Å². The molecule has 0 bridgehead atoms. The van der Waals surface area contributed by atoms with Gasteiger partial charge in [0.05, 0.1) is 25.7 Å². The summed E-state index contributed by atoms with van der Waals surface area (Å²) in [6.07, 6.45) is 5.55.